The number of nitrogen functional groups attached to an aromatic ring is 1. The van der Waals surface area contributed by atoms with Crippen LogP contribution >= 0.6 is 22.9 Å². The van der Waals surface area contributed by atoms with Crippen molar-refractivity contribution in [1.82, 2.24) is 34.5 Å². The van der Waals surface area contributed by atoms with Crippen molar-refractivity contribution < 1.29 is 22.7 Å². The van der Waals surface area contributed by atoms with Crippen LogP contribution in [0.4, 0.5) is 28.9 Å². The summed E-state index contributed by atoms with van der Waals surface area (Å²) in [6, 6.07) is 5.67. The monoisotopic (exact) mass is 708 g/mol. The molecule has 3 aromatic heterocycles. The van der Waals surface area contributed by atoms with Gasteiger partial charge in [-0.05, 0) is 37.6 Å². The number of anilines is 2. The highest BCUT2D eigenvalue weighted by molar-refractivity contribution is 7.22. The van der Waals surface area contributed by atoms with Gasteiger partial charge in [0.25, 0.3) is 0 Å². The van der Waals surface area contributed by atoms with Crippen molar-refractivity contribution in [3.8, 4) is 23.2 Å². The Hall–Kier alpha value is -4.72. The summed E-state index contributed by atoms with van der Waals surface area (Å²) in [6.07, 6.45) is 3.75. The molecule has 2 atom stereocenters. The number of hydrogen-bond donors (Lipinski definition) is 1. The predicted octanol–water partition coefficient (Wildman–Crippen LogP) is 5.23. The van der Waals surface area contributed by atoms with E-state index in [-0.39, 0.29) is 74.3 Å². The Morgan fingerprint density at radius 1 is 1.16 bits per heavy atom. The SMILES string of the molecule is N#Cc1cnn(C(=O)N2CCN(c3nc(OC[C@@]45CCCN4C[C@H](F)C5)nc4c(F)c(-c5ccc(F)c6sc(N)nc56)c(Cl)cc34)CC2)c1. The van der Waals surface area contributed by atoms with Gasteiger partial charge in [0.1, 0.15) is 36.0 Å². The van der Waals surface area contributed by atoms with E-state index in [0.29, 0.717) is 37.3 Å². The summed E-state index contributed by atoms with van der Waals surface area (Å²) in [6.45, 7) is 2.46. The number of carbonyl (C=O) groups is 1. The van der Waals surface area contributed by atoms with Gasteiger partial charge in [-0.3, -0.25) is 4.90 Å². The minimum absolute atomic E-state index is 0.0249. The molecule has 0 aliphatic carbocycles. The van der Waals surface area contributed by atoms with Crippen LogP contribution in [0.15, 0.2) is 30.6 Å². The maximum atomic E-state index is 16.8. The van der Waals surface area contributed by atoms with Crippen LogP contribution in [0.3, 0.4) is 0 Å². The average Bonchev–Trinajstić information content (AvgIpc) is 3.88. The van der Waals surface area contributed by atoms with Gasteiger partial charge in [-0.15, -0.1) is 0 Å². The molecule has 3 aliphatic rings. The van der Waals surface area contributed by atoms with Crippen LogP contribution in [0.2, 0.25) is 5.02 Å². The largest absolute Gasteiger partial charge is 0.461 e. The molecule has 0 bridgehead atoms. The van der Waals surface area contributed by atoms with Gasteiger partial charge in [0.2, 0.25) is 0 Å². The first kappa shape index (κ1) is 31.5. The van der Waals surface area contributed by atoms with Crippen molar-refractivity contribution in [3.63, 3.8) is 0 Å². The lowest BCUT2D eigenvalue weighted by Crippen LogP contribution is -2.50. The second-order valence-corrected chi connectivity index (χ2v) is 13.9. The lowest BCUT2D eigenvalue weighted by Gasteiger charge is -2.35. The summed E-state index contributed by atoms with van der Waals surface area (Å²) in [7, 11) is 0. The molecular weight excluding hydrogens is 681 g/mol. The number of halogens is 4. The molecule has 2 aromatic carbocycles. The predicted molar refractivity (Wildman–Crippen MR) is 178 cm³/mol. The topological polar surface area (TPSA) is 142 Å². The lowest BCUT2D eigenvalue weighted by molar-refractivity contribution is 0.107. The Kier molecular flexibility index (Phi) is 7.73. The van der Waals surface area contributed by atoms with E-state index in [1.807, 2.05) is 11.0 Å². The van der Waals surface area contributed by atoms with Crippen LogP contribution in [0.1, 0.15) is 24.8 Å². The first-order valence-electron chi connectivity index (χ1n) is 15.7. The van der Waals surface area contributed by atoms with Crippen molar-refractivity contribution in [1.29, 1.82) is 5.26 Å². The number of hydrogen-bond acceptors (Lipinski definition) is 11. The number of amides is 1. The van der Waals surface area contributed by atoms with Crippen LogP contribution in [-0.2, 0) is 0 Å². The molecule has 8 rings (SSSR count). The molecule has 252 valence electrons. The van der Waals surface area contributed by atoms with E-state index < -0.39 is 23.3 Å². The second kappa shape index (κ2) is 12.0. The number of carbonyl (C=O) groups excluding carboxylic acids is 1. The molecule has 2 N–H and O–H groups in total. The van der Waals surface area contributed by atoms with Crippen molar-refractivity contribution in [2.24, 2.45) is 0 Å². The summed E-state index contributed by atoms with van der Waals surface area (Å²) >= 11 is 7.74. The molecule has 3 saturated heterocycles. The fourth-order valence-corrected chi connectivity index (χ4v) is 8.35. The fraction of sp³-hybridized carbons (Fsp3) is 0.375. The molecule has 5 aromatic rings. The third kappa shape index (κ3) is 5.36. The highest BCUT2D eigenvalue weighted by Crippen LogP contribution is 2.44. The van der Waals surface area contributed by atoms with Crippen molar-refractivity contribution in [3.05, 3.63) is 52.8 Å². The standard InChI is InChI=1S/C32H28ClF3N10O2S/c33-21-10-20-25(24(36)23(21)19-2-3-22(35)27-26(19)40-29(38)49-27)41-30(48-16-32-4-1-5-45(32)15-18(34)11-32)42-28(20)43-6-8-44(9-7-43)31(47)46-14-17(12-37)13-39-46/h2-3,10,13-14,18H,1,4-9,11,15-16H2,(H2,38,40)/t18-,32+/m1/s1. The molecule has 1 amide bonds. The number of benzene rings is 2. The number of nitrogens with zero attached hydrogens (tertiary/aromatic N) is 9. The highest BCUT2D eigenvalue weighted by Gasteiger charge is 2.49. The van der Waals surface area contributed by atoms with Crippen LogP contribution < -0.4 is 15.4 Å². The molecule has 0 unspecified atom stereocenters. The van der Waals surface area contributed by atoms with Gasteiger partial charge in [-0.25, -0.2) is 22.9 Å². The number of nitrogens with two attached hydrogens (primary N) is 1. The number of alkyl halides is 1. The maximum Gasteiger partial charge on any atom is 0.344 e. The van der Waals surface area contributed by atoms with E-state index in [0.717, 1.165) is 35.4 Å². The maximum absolute atomic E-state index is 16.8. The van der Waals surface area contributed by atoms with Crippen LogP contribution in [0.5, 0.6) is 6.01 Å². The van der Waals surface area contributed by atoms with Gasteiger partial charge in [0.15, 0.2) is 10.9 Å². The Balaban J connectivity index is 1.18. The van der Waals surface area contributed by atoms with Crippen LogP contribution in [0, 0.1) is 23.0 Å². The van der Waals surface area contributed by atoms with E-state index in [4.69, 9.17) is 32.3 Å². The van der Waals surface area contributed by atoms with Crippen LogP contribution in [-0.4, -0.2) is 98.1 Å². The molecule has 3 aliphatic heterocycles. The number of ether oxygens (including phenoxy) is 1. The van der Waals surface area contributed by atoms with Crippen molar-refractivity contribution >= 4 is 61.0 Å². The van der Waals surface area contributed by atoms with Gasteiger partial charge in [0.05, 0.1) is 38.7 Å². The number of fused-ring (bicyclic) bond motifs is 3. The summed E-state index contributed by atoms with van der Waals surface area (Å²) in [5.41, 5.74) is 6.00. The molecule has 3 fully saturated rings. The normalized spacial score (nSPS) is 21.1. The van der Waals surface area contributed by atoms with E-state index in [1.54, 1.807) is 11.0 Å². The zero-order valence-corrected chi connectivity index (χ0v) is 27.4. The Labute approximate surface area is 286 Å². The Bertz CT molecular complexity index is 2180. The minimum Gasteiger partial charge on any atom is -0.461 e. The number of piperazine rings is 1. The van der Waals surface area contributed by atoms with Gasteiger partial charge >= 0.3 is 12.0 Å². The molecular formula is C32H28ClF3N10O2S. The zero-order chi connectivity index (χ0) is 34.0. The highest BCUT2D eigenvalue weighted by atomic mass is 35.5. The van der Waals surface area contributed by atoms with Gasteiger partial charge in [-0.2, -0.15) is 25.0 Å². The van der Waals surface area contributed by atoms with E-state index in [2.05, 4.69) is 20.0 Å². The summed E-state index contributed by atoms with van der Waals surface area (Å²) < 4.78 is 53.5. The summed E-state index contributed by atoms with van der Waals surface area (Å²) in [4.78, 5) is 32.2. The van der Waals surface area contributed by atoms with E-state index >= 15 is 4.39 Å². The molecule has 17 heteroatoms. The Morgan fingerprint density at radius 3 is 2.76 bits per heavy atom. The number of rotatable bonds is 5. The molecule has 12 nitrogen and oxygen atoms in total. The second-order valence-electron chi connectivity index (χ2n) is 12.5. The van der Waals surface area contributed by atoms with E-state index in [9.17, 15) is 13.6 Å². The molecule has 0 radical (unpaired) electrons. The zero-order valence-electron chi connectivity index (χ0n) is 25.9. The van der Waals surface area contributed by atoms with Crippen LogP contribution in [0.25, 0.3) is 32.2 Å². The number of nitriles is 1. The molecule has 0 saturated carbocycles. The molecule has 6 heterocycles. The van der Waals surface area contributed by atoms with Crippen molar-refractivity contribution in [2.45, 2.75) is 31.0 Å². The summed E-state index contributed by atoms with van der Waals surface area (Å²) in [5, 5.41) is 13.6. The minimum atomic E-state index is -0.960. The van der Waals surface area contributed by atoms with Gasteiger partial charge in [-0.1, -0.05) is 22.9 Å². The smallest absolute Gasteiger partial charge is 0.344 e. The van der Waals surface area contributed by atoms with Gasteiger partial charge < -0.3 is 20.3 Å². The first-order valence-corrected chi connectivity index (χ1v) is 16.9. The molecule has 0 spiro atoms. The van der Waals surface area contributed by atoms with Gasteiger partial charge in [0, 0.05) is 55.7 Å². The first-order chi connectivity index (χ1) is 23.6. The fourth-order valence-electron chi connectivity index (χ4n) is 7.29. The Morgan fingerprint density at radius 2 is 1.98 bits per heavy atom. The summed E-state index contributed by atoms with van der Waals surface area (Å²) in [5.74, 6) is -0.964. The number of aromatic nitrogens is 5. The average molecular weight is 709 g/mol. The quantitative estimate of drug-likeness (QED) is 0.258. The third-order valence-corrected chi connectivity index (χ3v) is 10.8. The van der Waals surface area contributed by atoms with Crippen molar-refractivity contribution in [2.75, 3.05) is 56.5 Å². The lowest BCUT2D eigenvalue weighted by atomic mass is 9.95. The number of thiazole rings is 1. The van der Waals surface area contributed by atoms with E-state index in [1.165, 1.54) is 24.5 Å². The molecule has 49 heavy (non-hydrogen) atoms. The third-order valence-electron chi connectivity index (χ3n) is 9.61.